The molecule has 3 aromatic heterocycles. The van der Waals surface area contributed by atoms with Crippen molar-refractivity contribution in [3.05, 3.63) is 12.7 Å². The van der Waals surface area contributed by atoms with Gasteiger partial charge in [0.05, 0.1) is 30.1 Å². The number of hydrogen-bond donors (Lipinski definition) is 3. The van der Waals surface area contributed by atoms with Gasteiger partial charge in [-0.05, 0) is 6.92 Å². The van der Waals surface area contributed by atoms with Crippen molar-refractivity contribution in [2.45, 2.75) is 18.9 Å². The third-order valence-electron chi connectivity index (χ3n) is 4.96. The highest BCUT2D eigenvalue weighted by Crippen LogP contribution is 2.41. The van der Waals surface area contributed by atoms with Crippen LogP contribution in [0.2, 0.25) is 0 Å². The van der Waals surface area contributed by atoms with Gasteiger partial charge in [-0.1, -0.05) is 0 Å². The first-order valence-electron chi connectivity index (χ1n) is 8.46. The number of hydrogen-bond acceptors (Lipinski definition) is 9. The van der Waals surface area contributed by atoms with E-state index in [-0.39, 0.29) is 36.9 Å². The summed E-state index contributed by atoms with van der Waals surface area (Å²) in [5.74, 6) is 0.313. The molecule has 0 spiro atoms. The third-order valence-corrected chi connectivity index (χ3v) is 6.74. The fraction of sp³-hybridized carbons (Fsp3) is 0.400. The number of nitrogen functional groups attached to an aromatic ring is 2. The molecule has 5 N–H and O–H groups in total. The van der Waals surface area contributed by atoms with Gasteiger partial charge < -0.3 is 16.5 Å². The first kappa shape index (κ1) is 18.1. The number of nitrogens with zero attached hydrogens (tertiary/aromatic N) is 7. The quantitative estimate of drug-likeness (QED) is 0.513. The summed E-state index contributed by atoms with van der Waals surface area (Å²) in [4.78, 5) is 15.4. The lowest BCUT2D eigenvalue weighted by molar-refractivity contribution is 0.0745. The van der Waals surface area contributed by atoms with Gasteiger partial charge in [-0.2, -0.15) is 14.7 Å². The molecule has 0 atom stereocenters. The number of sulfonamides is 1. The minimum atomic E-state index is -3.37. The molecule has 0 unspecified atom stereocenters. The van der Waals surface area contributed by atoms with E-state index < -0.39 is 15.6 Å². The highest BCUT2D eigenvalue weighted by molar-refractivity contribution is 7.89. The molecule has 0 saturated carbocycles. The topological polar surface area (TPSA) is 185 Å². The Morgan fingerprint density at radius 3 is 2.75 bits per heavy atom. The Morgan fingerprint density at radius 2 is 2.07 bits per heavy atom. The largest absolute Gasteiger partial charge is 0.383 e. The molecule has 0 radical (unpaired) electrons. The van der Waals surface area contributed by atoms with E-state index in [0.717, 1.165) is 0 Å². The second-order valence-corrected chi connectivity index (χ2v) is 8.87. The number of rotatable bonds is 5. The molecule has 3 aromatic rings. The van der Waals surface area contributed by atoms with Crippen molar-refractivity contribution in [3.63, 3.8) is 0 Å². The van der Waals surface area contributed by atoms with Crippen molar-refractivity contribution in [1.82, 2.24) is 34.0 Å². The molecule has 13 heteroatoms. The maximum absolute atomic E-state index is 12.1. The third kappa shape index (κ3) is 2.49. The van der Waals surface area contributed by atoms with Crippen LogP contribution >= 0.6 is 0 Å². The van der Waals surface area contributed by atoms with Crippen molar-refractivity contribution in [3.8, 4) is 17.3 Å². The lowest BCUT2D eigenvalue weighted by Gasteiger charge is -2.48. The van der Waals surface area contributed by atoms with Crippen molar-refractivity contribution in [1.29, 1.82) is 5.26 Å². The van der Waals surface area contributed by atoms with Gasteiger partial charge >= 0.3 is 0 Å². The zero-order valence-corrected chi connectivity index (χ0v) is 15.8. The van der Waals surface area contributed by atoms with Crippen LogP contribution in [0.5, 0.6) is 0 Å². The van der Waals surface area contributed by atoms with E-state index in [4.69, 9.17) is 11.5 Å². The lowest BCUT2D eigenvalue weighted by atomic mass is 9.89. The lowest BCUT2D eigenvalue weighted by Crippen LogP contribution is -2.64. The van der Waals surface area contributed by atoms with E-state index in [1.165, 1.54) is 21.6 Å². The molecule has 0 bridgehead atoms. The Balaban J connectivity index is 1.81. The summed E-state index contributed by atoms with van der Waals surface area (Å²) in [5, 5.41) is 13.6. The van der Waals surface area contributed by atoms with Crippen LogP contribution in [0.1, 0.15) is 13.3 Å². The molecule has 12 nitrogen and oxygen atoms in total. The van der Waals surface area contributed by atoms with E-state index in [2.05, 4.69) is 31.1 Å². The van der Waals surface area contributed by atoms with E-state index in [1.807, 2.05) is 0 Å². The summed E-state index contributed by atoms with van der Waals surface area (Å²) in [6, 6.07) is 2.10. The maximum Gasteiger partial charge on any atom is 0.213 e. The van der Waals surface area contributed by atoms with Crippen molar-refractivity contribution in [2.75, 3.05) is 30.3 Å². The highest BCUT2D eigenvalue weighted by atomic mass is 32.2. The highest BCUT2D eigenvalue weighted by Gasteiger charge is 2.51. The number of fused-ring (bicyclic) bond motifs is 1. The van der Waals surface area contributed by atoms with Crippen LogP contribution in [0.15, 0.2) is 12.7 Å². The predicted octanol–water partition coefficient (Wildman–Crippen LogP) is -0.345. The van der Waals surface area contributed by atoms with Crippen LogP contribution in [0, 0.1) is 11.3 Å². The summed E-state index contributed by atoms with van der Waals surface area (Å²) < 4.78 is 27.0. The molecule has 4 heterocycles. The number of nitrogens with two attached hydrogens (primary N) is 2. The van der Waals surface area contributed by atoms with Gasteiger partial charge in [0.15, 0.2) is 11.5 Å². The van der Waals surface area contributed by atoms with Crippen LogP contribution in [0.4, 0.5) is 11.6 Å². The average molecular weight is 402 g/mol. The molecule has 4 rings (SSSR count). The van der Waals surface area contributed by atoms with Gasteiger partial charge in [0.2, 0.25) is 10.0 Å². The van der Waals surface area contributed by atoms with Gasteiger partial charge in [0.25, 0.3) is 0 Å². The van der Waals surface area contributed by atoms with Crippen molar-refractivity contribution in [2.24, 2.45) is 0 Å². The van der Waals surface area contributed by atoms with Crippen LogP contribution in [0.3, 0.4) is 0 Å². The van der Waals surface area contributed by atoms with E-state index in [0.29, 0.717) is 22.4 Å². The normalized spacial score (nSPS) is 16.7. The van der Waals surface area contributed by atoms with Gasteiger partial charge in [-0.15, -0.1) is 0 Å². The van der Waals surface area contributed by atoms with Gasteiger partial charge in [-0.25, -0.2) is 28.1 Å². The minimum absolute atomic E-state index is 0.0175. The first-order chi connectivity index (χ1) is 13.3. The molecule has 0 aromatic carbocycles. The van der Waals surface area contributed by atoms with E-state index in [1.54, 1.807) is 6.92 Å². The second kappa shape index (κ2) is 6.14. The van der Waals surface area contributed by atoms with E-state index in [9.17, 15) is 13.7 Å². The predicted molar refractivity (Wildman–Crippen MR) is 101 cm³/mol. The molecular formula is C15H18N10O2S. The molecule has 28 heavy (non-hydrogen) atoms. The first-order valence-corrected chi connectivity index (χ1v) is 10.1. The Kier molecular flexibility index (Phi) is 3.98. The smallest absolute Gasteiger partial charge is 0.213 e. The Bertz CT molecular complexity index is 1200. The van der Waals surface area contributed by atoms with Crippen LogP contribution in [0.25, 0.3) is 22.4 Å². The van der Waals surface area contributed by atoms with Gasteiger partial charge in [0.1, 0.15) is 28.9 Å². The Morgan fingerprint density at radius 1 is 1.32 bits per heavy atom. The monoisotopic (exact) mass is 402 g/mol. The van der Waals surface area contributed by atoms with Crippen LogP contribution in [-0.2, 0) is 15.6 Å². The van der Waals surface area contributed by atoms with Gasteiger partial charge in [0, 0.05) is 13.1 Å². The number of nitrogens with one attached hydrogen (secondary N) is 1. The summed E-state index contributed by atoms with van der Waals surface area (Å²) >= 11 is 0. The van der Waals surface area contributed by atoms with Crippen molar-refractivity contribution < 1.29 is 8.42 Å². The second-order valence-electron chi connectivity index (χ2n) is 6.61. The van der Waals surface area contributed by atoms with Crippen molar-refractivity contribution >= 4 is 32.8 Å². The molecular weight excluding hydrogens is 384 g/mol. The van der Waals surface area contributed by atoms with E-state index >= 15 is 0 Å². The summed E-state index contributed by atoms with van der Waals surface area (Å²) in [7, 11) is -3.37. The molecule has 1 saturated heterocycles. The number of nitriles is 1. The molecule has 1 fully saturated rings. The summed E-state index contributed by atoms with van der Waals surface area (Å²) in [5.41, 5.74) is 13.4. The van der Waals surface area contributed by atoms with Crippen LogP contribution < -0.4 is 11.5 Å². The number of anilines is 2. The summed E-state index contributed by atoms with van der Waals surface area (Å²) in [6.07, 6.45) is 2.87. The molecule has 1 aliphatic heterocycles. The number of aromatic nitrogens is 6. The zero-order valence-electron chi connectivity index (χ0n) is 15.0. The number of H-pyrrole nitrogens is 1. The molecule has 0 aliphatic carbocycles. The number of imidazole rings is 1. The van der Waals surface area contributed by atoms with Gasteiger partial charge in [-0.3, -0.25) is 0 Å². The maximum atomic E-state index is 12.1. The Hall–Kier alpha value is -3.24. The average Bonchev–Trinajstić information content (AvgIpc) is 3.22. The molecule has 0 amide bonds. The van der Waals surface area contributed by atoms with Crippen LogP contribution in [-0.4, -0.2) is 61.3 Å². The molecule has 1 aliphatic rings. The minimum Gasteiger partial charge on any atom is -0.383 e. The molecule has 146 valence electrons. The fourth-order valence-corrected chi connectivity index (χ4v) is 4.70. The SMILES string of the molecule is CCS(=O)(=O)N1CC(CC#N)(n2nc(N)c(-c3ncnc4nc[nH]c34)c2N)C1. The fourth-order valence-electron chi connectivity index (χ4n) is 3.46. The Labute approximate surface area is 160 Å². The number of aromatic amines is 1. The standard InChI is InChI=1S/C15H18N10O2S/c1-2-28(26,27)24-5-15(6-24,3-4-16)25-13(18)9(12(17)23-25)10-11-14(21-7-19-10)22-8-20-11/h7-8H,2-3,5-6,18H2,1H3,(H2,17,23)(H,19,20,21,22). The zero-order chi connectivity index (χ0) is 20.1. The summed E-state index contributed by atoms with van der Waals surface area (Å²) in [6.45, 7) is 1.78.